The molecular weight excluding hydrogens is 168 g/mol. The lowest BCUT2D eigenvalue weighted by atomic mass is 10.1. The molecule has 1 N–H and O–H groups in total. The van der Waals surface area contributed by atoms with Gasteiger partial charge in [0, 0.05) is 13.1 Å². The number of rotatable bonds is 2. The summed E-state index contributed by atoms with van der Waals surface area (Å²) in [5, 5.41) is 3.31. The summed E-state index contributed by atoms with van der Waals surface area (Å²) >= 11 is 0. The molecule has 2 saturated heterocycles. The Hall–Kier alpha value is -0.610. The maximum absolute atomic E-state index is 11.4. The Kier molecular flexibility index (Phi) is 2.80. The van der Waals surface area contributed by atoms with Crippen LogP contribution in [0.1, 0.15) is 6.42 Å². The van der Waals surface area contributed by atoms with Crippen LogP contribution in [0.3, 0.4) is 0 Å². The van der Waals surface area contributed by atoms with Crippen molar-refractivity contribution in [2.24, 2.45) is 5.92 Å². The molecule has 2 rings (SSSR count). The fourth-order valence-corrected chi connectivity index (χ4v) is 1.93. The van der Waals surface area contributed by atoms with Gasteiger partial charge >= 0.3 is 0 Å². The number of carbonyl (C=O) groups is 1. The lowest BCUT2D eigenvalue weighted by molar-refractivity contribution is -0.143. The third-order valence-electron chi connectivity index (χ3n) is 2.72. The van der Waals surface area contributed by atoms with E-state index in [0.29, 0.717) is 12.5 Å². The van der Waals surface area contributed by atoms with Crippen molar-refractivity contribution >= 4 is 5.91 Å². The molecule has 13 heavy (non-hydrogen) atoms. The first kappa shape index (κ1) is 8.97. The van der Waals surface area contributed by atoms with Crippen LogP contribution in [0.25, 0.3) is 0 Å². The second-order valence-corrected chi connectivity index (χ2v) is 3.75. The van der Waals surface area contributed by atoms with Crippen molar-refractivity contribution < 1.29 is 9.53 Å². The summed E-state index contributed by atoms with van der Waals surface area (Å²) < 4.78 is 5.07. The summed E-state index contributed by atoms with van der Waals surface area (Å²) in [6.07, 6.45) is 1.20. The van der Waals surface area contributed by atoms with Crippen molar-refractivity contribution in [3.8, 4) is 0 Å². The molecule has 2 aliphatic heterocycles. The third kappa shape index (κ3) is 2.19. The highest BCUT2D eigenvalue weighted by molar-refractivity contribution is 5.77. The molecule has 0 aromatic carbocycles. The van der Waals surface area contributed by atoms with Crippen molar-refractivity contribution in [3.05, 3.63) is 0 Å². The number of nitrogens with zero attached hydrogens (tertiary/aromatic N) is 1. The molecule has 4 nitrogen and oxygen atoms in total. The monoisotopic (exact) mass is 184 g/mol. The summed E-state index contributed by atoms with van der Waals surface area (Å²) in [6, 6.07) is 0. The normalized spacial score (nSPS) is 29.7. The van der Waals surface area contributed by atoms with Gasteiger partial charge in [0.25, 0.3) is 0 Å². The van der Waals surface area contributed by atoms with Crippen LogP contribution in [0.15, 0.2) is 0 Å². The van der Waals surface area contributed by atoms with Gasteiger partial charge in [0.2, 0.25) is 5.91 Å². The van der Waals surface area contributed by atoms with Gasteiger partial charge in [-0.15, -0.1) is 0 Å². The van der Waals surface area contributed by atoms with E-state index in [0.717, 1.165) is 26.2 Å². The van der Waals surface area contributed by atoms with E-state index in [1.165, 1.54) is 6.42 Å². The van der Waals surface area contributed by atoms with E-state index in [4.69, 9.17) is 4.74 Å². The molecule has 0 spiro atoms. The summed E-state index contributed by atoms with van der Waals surface area (Å²) in [7, 11) is 0. The molecule has 2 heterocycles. The van der Waals surface area contributed by atoms with Crippen LogP contribution >= 0.6 is 0 Å². The molecule has 74 valence electrons. The van der Waals surface area contributed by atoms with Crippen molar-refractivity contribution in [3.63, 3.8) is 0 Å². The third-order valence-corrected chi connectivity index (χ3v) is 2.72. The second kappa shape index (κ2) is 4.07. The minimum atomic E-state index is 0.151. The van der Waals surface area contributed by atoms with E-state index < -0.39 is 0 Å². The van der Waals surface area contributed by atoms with Crippen molar-refractivity contribution in [2.45, 2.75) is 6.42 Å². The van der Waals surface area contributed by atoms with Crippen LogP contribution in [0, 0.1) is 5.92 Å². The minimum absolute atomic E-state index is 0.151. The molecule has 1 amide bonds. The SMILES string of the molecule is O=C1COCCN1CC1CCNC1. The molecule has 4 heteroatoms. The van der Waals surface area contributed by atoms with Gasteiger partial charge in [-0.3, -0.25) is 4.79 Å². The van der Waals surface area contributed by atoms with Gasteiger partial charge in [-0.05, 0) is 25.4 Å². The fraction of sp³-hybridized carbons (Fsp3) is 0.889. The summed E-state index contributed by atoms with van der Waals surface area (Å²) in [5.41, 5.74) is 0. The predicted octanol–water partition coefficient (Wildman–Crippen LogP) is -0.545. The van der Waals surface area contributed by atoms with Crippen molar-refractivity contribution in [1.29, 1.82) is 0 Å². The van der Waals surface area contributed by atoms with Gasteiger partial charge in [-0.2, -0.15) is 0 Å². The van der Waals surface area contributed by atoms with Gasteiger partial charge in [0.1, 0.15) is 6.61 Å². The smallest absolute Gasteiger partial charge is 0.248 e. The average molecular weight is 184 g/mol. The quantitative estimate of drug-likeness (QED) is 0.626. The molecule has 0 aromatic rings. The standard InChI is InChI=1S/C9H16N2O2/c12-9-7-13-4-3-11(9)6-8-1-2-10-5-8/h8,10H,1-7H2. The lowest BCUT2D eigenvalue weighted by Crippen LogP contribution is -2.44. The average Bonchev–Trinajstić information content (AvgIpc) is 2.61. The maximum Gasteiger partial charge on any atom is 0.248 e. The summed E-state index contributed by atoms with van der Waals surface area (Å²) in [6.45, 7) is 4.82. The van der Waals surface area contributed by atoms with E-state index in [9.17, 15) is 4.79 Å². The number of morpholine rings is 1. The minimum Gasteiger partial charge on any atom is -0.370 e. The molecule has 0 radical (unpaired) electrons. The van der Waals surface area contributed by atoms with E-state index in [1.807, 2.05) is 4.90 Å². The van der Waals surface area contributed by atoms with Crippen LogP contribution < -0.4 is 5.32 Å². The van der Waals surface area contributed by atoms with Gasteiger partial charge in [0.15, 0.2) is 0 Å². The summed E-state index contributed by atoms with van der Waals surface area (Å²) in [4.78, 5) is 13.3. The van der Waals surface area contributed by atoms with Gasteiger partial charge < -0.3 is 15.0 Å². The molecule has 0 saturated carbocycles. The molecule has 0 aliphatic carbocycles. The first-order chi connectivity index (χ1) is 6.36. The number of carbonyl (C=O) groups excluding carboxylic acids is 1. The van der Waals surface area contributed by atoms with E-state index >= 15 is 0 Å². The van der Waals surface area contributed by atoms with Crippen molar-refractivity contribution in [2.75, 3.05) is 39.4 Å². The zero-order valence-corrected chi connectivity index (χ0v) is 7.79. The van der Waals surface area contributed by atoms with Crippen LogP contribution in [0.5, 0.6) is 0 Å². The fourth-order valence-electron chi connectivity index (χ4n) is 1.93. The first-order valence-corrected chi connectivity index (χ1v) is 4.92. The highest BCUT2D eigenvalue weighted by atomic mass is 16.5. The van der Waals surface area contributed by atoms with E-state index in [1.54, 1.807) is 0 Å². The Labute approximate surface area is 78.2 Å². The van der Waals surface area contributed by atoms with Crippen LogP contribution in [0.2, 0.25) is 0 Å². The topological polar surface area (TPSA) is 41.6 Å². The Morgan fingerprint density at radius 3 is 3.23 bits per heavy atom. The molecular formula is C9H16N2O2. The van der Waals surface area contributed by atoms with Crippen LogP contribution in [0.4, 0.5) is 0 Å². The second-order valence-electron chi connectivity index (χ2n) is 3.75. The number of hydrogen-bond acceptors (Lipinski definition) is 3. The molecule has 0 aromatic heterocycles. The number of nitrogens with one attached hydrogen (secondary N) is 1. The highest BCUT2D eigenvalue weighted by Gasteiger charge is 2.23. The van der Waals surface area contributed by atoms with Crippen LogP contribution in [-0.4, -0.2) is 50.2 Å². The Morgan fingerprint density at radius 1 is 1.62 bits per heavy atom. The zero-order chi connectivity index (χ0) is 9.10. The number of amides is 1. The van der Waals surface area contributed by atoms with Gasteiger partial charge in [-0.1, -0.05) is 0 Å². The lowest BCUT2D eigenvalue weighted by Gasteiger charge is -2.28. The first-order valence-electron chi connectivity index (χ1n) is 4.92. The molecule has 1 atom stereocenters. The van der Waals surface area contributed by atoms with Gasteiger partial charge in [0.05, 0.1) is 6.61 Å². The maximum atomic E-state index is 11.4. The number of ether oxygens (including phenoxy) is 1. The number of hydrogen-bond donors (Lipinski definition) is 1. The molecule has 2 aliphatic rings. The van der Waals surface area contributed by atoms with E-state index in [2.05, 4.69) is 5.32 Å². The Bertz CT molecular complexity index is 190. The van der Waals surface area contributed by atoms with Crippen molar-refractivity contribution in [1.82, 2.24) is 10.2 Å². The molecule has 1 unspecified atom stereocenters. The summed E-state index contributed by atoms with van der Waals surface area (Å²) in [5.74, 6) is 0.806. The Balaban J connectivity index is 1.81. The largest absolute Gasteiger partial charge is 0.370 e. The van der Waals surface area contributed by atoms with Crippen LogP contribution in [-0.2, 0) is 9.53 Å². The molecule has 0 bridgehead atoms. The molecule has 2 fully saturated rings. The Morgan fingerprint density at radius 2 is 2.54 bits per heavy atom. The highest BCUT2D eigenvalue weighted by Crippen LogP contribution is 2.11. The van der Waals surface area contributed by atoms with E-state index in [-0.39, 0.29) is 12.5 Å². The zero-order valence-electron chi connectivity index (χ0n) is 7.79. The predicted molar refractivity (Wildman–Crippen MR) is 48.4 cm³/mol. The van der Waals surface area contributed by atoms with Gasteiger partial charge in [-0.25, -0.2) is 0 Å².